The van der Waals surface area contributed by atoms with Crippen molar-refractivity contribution in [3.8, 4) is 0 Å². The van der Waals surface area contributed by atoms with E-state index in [-0.39, 0.29) is 5.91 Å². The molecule has 19 heavy (non-hydrogen) atoms. The molecule has 0 spiro atoms. The molecule has 0 aliphatic carbocycles. The Morgan fingerprint density at radius 2 is 2.16 bits per heavy atom. The van der Waals surface area contributed by atoms with Gasteiger partial charge in [-0.25, -0.2) is 0 Å². The Morgan fingerprint density at radius 3 is 2.79 bits per heavy atom. The van der Waals surface area contributed by atoms with E-state index in [1.165, 1.54) is 0 Å². The number of benzene rings is 1. The quantitative estimate of drug-likeness (QED) is 0.877. The van der Waals surface area contributed by atoms with Crippen LogP contribution in [-0.2, 0) is 13.6 Å². The second-order valence-electron chi connectivity index (χ2n) is 4.43. The Morgan fingerprint density at radius 1 is 1.37 bits per heavy atom. The van der Waals surface area contributed by atoms with Crippen molar-refractivity contribution in [2.24, 2.45) is 7.05 Å². The number of hydrogen-bond acceptors (Lipinski definition) is 3. The van der Waals surface area contributed by atoms with Gasteiger partial charge in [0, 0.05) is 26.0 Å². The fourth-order valence-corrected chi connectivity index (χ4v) is 1.90. The van der Waals surface area contributed by atoms with Crippen molar-refractivity contribution < 1.29 is 4.79 Å². The maximum absolute atomic E-state index is 12.2. The zero-order chi connectivity index (χ0) is 13.8. The maximum Gasteiger partial charge on any atom is 0.253 e. The first kappa shape index (κ1) is 13.1. The van der Waals surface area contributed by atoms with E-state index >= 15 is 0 Å². The van der Waals surface area contributed by atoms with Crippen LogP contribution in [0.15, 0.2) is 30.5 Å². The van der Waals surface area contributed by atoms with Crippen LogP contribution in [0, 0.1) is 6.92 Å². The minimum Gasteiger partial charge on any atom is -0.387 e. The predicted octanol–water partition coefficient (Wildman–Crippen LogP) is 1.70. The lowest BCUT2D eigenvalue weighted by Crippen LogP contribution is -2.25. The van der Waals surface area contributed by atoms with Crippen LogP contribution in [0.4, 0.5) is 5.69 Å². The molecule has 100 valence electrons. The van der Waals surface area contributed by atoms with E-state index in [0.29, 0.717) is 12.1 Å². The Hall–Kier alpha value is -2.30. The molecular formula is C14H18N4O. The Labute approximate surface area is 112 Å². The van der Waals surface area contributed by atoms with Crippen molar-refractivity contribution in [2.45, 2.75) is 13.5 Å². The molecule has 0 saturated carbocycles. The highest BCUT2D eigenvalue weighted by Gasteiger charge is 2.11. The van der Waals surface area contributed by atoms with Gasteiger partial charge in [0.15, 0.2) is 0 Å². The SMILES string of the molecule is CNc1ccc(C)cc1C(=O)NCc1ccnn1C. The normalized spacial score (nSPS) is 10.3. The number of aryl methyl sites for hydroxylation is 2. The number of amides is 1. The van der Waals surface area contributed by atoms with Gasteiger partial charge in [-0.3, -0.25) is 9.48 Å². The summed E-state index contributed by atoms with van der Waals surface area (Å²) in [5, 5.41) is 10.0. The standard InChI is InChI=1S/C14H18N4O/c1-10-4-5-13(15-2)12(8-10)14(19)16-9-11-6-7-17-18(11)3/h4-8,15H,9H2,1-3H3,(H,16,19). The predicted molar refractivity (Wildman–Crippen MR) is 75.1 cm³/mol. The van der Waals surface area contributed by atoms with E-state index in [1.54, 1.807) is 10.9 Å². The van der Waals surface area contributed by atoms with Gasteiger partial charge < -0.3 is 10.6 Å². The van der Waals surface area contributed by atoms with Gasteiger partial charge in [0.05, 0.1) is 17.8 Å². The second kappa shape index (κ2) is 5.56. The molecule has 0 fully saturated rings. The molecule has 1 amide bonds. The van der Waals surface area contributed by atoms with Crippen molar-refractivity contribution in [2.75, 3.05) is 12.4 Å². The Balaban J connectivity index is 2.12. The molecule has 2 N–H and O–H groups in total. The number of anilines is 1. The topological polar surface area (TPSA) is 59.0 Å². The molecule has 5 heteroatoms. The lowest BCUT2D eigenvalue weighted by molar-refractivity contribution is 0.0951. The van der Waals surface area contributed by atoms with E-state index in [0.717, 1.165) is 16.9 Å². The van der Waals surface area contributed by atoms with Crippen molar-refractivity contribution >= 4 is 11.6 Å². The Kier molecular flexibility index (Phi) is 3.85. The lowest BCUT2D eigenvalue weighted by Gasteiger charge is -2.11. The summed E-state index contributed by atoms with van der Waals surface area (Å²) < 4.78 is 1.75. The van der Waals surface area contributed by atoms with Crippen molar-refractivity contribution in [1.29, 1.82) is 0 Å². The van der Waals surface area contributed by atoms with Crippen molar-refractivity contribution in [3.05, 3.63) is 47.3 Å². The molecule has 0 bridgehead atoms. The molecule has 1 heterocycles. The summed E-state index contributed by atoms with van der Waals surface area (Å²) in [6.07, 6.45) is 1.72. The number of carbonyl (C=O) groups is 1. The van der Waals surface area contributed by atoms with Gasteiger partial charge in [-0.15, -0.1) is 0 Å². The van der Waals surface area contributed by atoms with Crippen LogP contribution >= 0.6 is 0 Å². The summed E-state index contributed by atoms with van der Waals surface area (Å²) in [6, 6.07) is 7.65. The van der Waals surface area contributed by atoms with Crippen LogP contribution in [0.3, 0.4) is 0 Å². The number of carbonyl (C=O) groups excluding carboxylic acids is 1. The van der Waals surface area contributed by atoms with E-state index in [9.17, 15) is 4.79 Å². The number of nitrogens with zero attached hydrogens (tertiary/aromatic N) is 2. The molecule has 0 unspecified atom stereocenters. The van der Waals surface area contributed by atoms with Crippen LogP contribution < -0.4 is 10.6 Å². The molecule has 5 nitrogen and oxygen atoms in total. The lowest BCUT2D eigenvalue weighted by atomic mass is 10.1. The van der Waals surface area contributed by atoms with Crippen molar-refractivity contribution in [3.63, 3.8) is 0 Å². The van der Waals surface area contributed by atoms with Gasteiger partial charge in [0.25, 0.3) is 5.91 Å². The monoisotopic (exact) mass is 258 g/mol. The summed E-state index contributed by atoms with van der Waals surface area (Å²) >= 11 is 0. The molecule has 0 aliphatic rings. The smallest absolute Gasteiger partial charge is 0.253 e. The van der Waals surface area contributed by atoms with Crippen LogP contribution in [0.25, 0.3) is 0 Å². The highest BCUT2D eigenvalue weighted by Crippen LogP contribution is 2.16. The average molecular weight is 258 g/mol. The molecule has 0 radical (unpaired) electrons. The van der Waals surface area contributed by atoms with Gasteiger partial charge in [0.2, 0.25) is 0 Å². The maximum atomic E-state index is 12.2. The highest BCUT2D eigenvalue weighted by molar-refractivity contribution is 5.99. The van der Waals surface area contributed by atoms with Gasteiger partial charge in [0.1, 0.15) is 0 Å². The van der Waals surface area contributed by atoms with E-state index in [4.69, 9.17) is 0 Å². The number of hydrogen-bond donors (Lipinski definition) is 2. The third-order valence-corrected chi connectivity index (χ3v) is 3.04. The van der Waals surface area contributed by atoms with Gasteiger partial charge in [-0.05, 0) is 25.1 Å². The van der Waals surface area contributed by atoms with E-state index in [1.807, 2.05) is 45.3 Å². The summed E-state index contributed by atoms with van der Waals surface area (Å²) in [6.45, 7) is 2.43. The fraction of sp³-hybridized carbons (Fsp3) is 0.286. The zero-order valence-electron chi connectivity index (χ0n) is 11.4. The first-order chi connectivity index (χ1) is 9.11. The molecule has 1 aromatic heterocycles. The first-order valence-electron chi connectivity index (χ1n) is 6.15. The molecular weight excluding hydrogens is 240 g/mol. The number of aromatic nitrogens is 2. The molecule has 1 aromatic carbocycles. The largest absolute Gasteiger partial charge is 0.387 e. The summed E-state index contributed by atoms with van der Waals surface area (Å²) in [5.74, 6) is -0.0887. The summed E-state index contributed by atoms with van der Waals surface area (Å²) in [7, 11) is 3.66. The fourth-order valence-electron chi connectivity index (χ4n) is 1.90. The van der Waals surface area contributed by atoms with Crippen molar-refractivity contribution in [1.82, 2.24) is 15.1 Å². The third-order valence-electron chi connectivity index (χ3n) is 3.04. The summed E-state index contributed by atoms with van der Waals surface area (Å²) in [4.78, 5) is 12.2. The molecule has 0 atom stereocenters. The summed E-state index contributed by atoms with van der Waals surface area (Å²) in [5.41, 5.74) is 3.51. The molecule has 2 aromatic rings. The Bertz CT molecular complexity index is 589. The molecule has 0 aliphatic heterocycles. The third kappa shape index (κ3) is 2.93. The van der Waals surface area contributed by atoms with Crippen LogP contribution in [-0.4, -0.2) is 22.7 Å². The minimum atomic E-state index is -0.0887. The van der Waals surface area contributed by atoms with E-state index in [2.05, 4.69) is 15.7 Å². The first-order valence-corrected chi connectivity index (χ1v) is 6.15. The van der Waals surface area contributed by atoms with Gasteiger partial charge >= 0.3 is 0 Å². The van der Waals surface area contributed by atoms with Crippen LogP contribution in [0.1, 0.15) is 21.6 Å². The van der Waals surface area contributed by atoms with Gasteiger partial charge in [-0.1, -0.05) is 11.6 Å². The molecule has 0 saturated heterocycles. The average Bonchev–Trinajstić information content (AvgIpc) is 2.81. The molecule has 2 rings (SSSR count). The number of nitrogens with one attached hydrogen (secondary N) is 2. The minimum absolute atomic E-state index is 0.0887. The second-order valence-corrected chi connectivity index (χ2v) is 4.43. The number of rotatable bonds is 4. The zero-order valence-corrected chi connectivity index (χ0v) is 11.4. The highest BCUT2D eigenvalue weighted by atomic mass is 16.1. The van der Waals surface area contributed by atoms with E-state index < -0.39 is 0 Å². The van der Waals surface area contributed by atoms with Gasteiger partial charge in [-0.2, -0.15) is 5.10 Å². The van der Waals surface area contributed by atoms with Crippen LogP contribution in [0.2, 0.25) is 0 Å². The van der Waals surface area contributed by atoms with Crippen LogP contribution in [0.5, 0.6) is 0 Å².